The molecule has 1 aromatic carbocycles. The Morgan fingerprint density at radius 1 is 1.33 bits per heavy atom. The molecule has 0 heterocycles. The summed E-state index contributed by atoms with van der Waals surface area (Å²) in [6.07, 6.45) is 2.69. The molecule has 1 aliphatic carbocycles. The Morgan fingerprint density at radius 3 is 2.43 bits per heavy atom. The molecule has 2 rings (SSSR count). The van der Waals surface area contributed by atoms with Crippen LogP contribution in [0.4, 0.5) is 8.78 Å². The normalized spacial score (nSPS) is 18.4. The lowest BCUT2D eigenvalue weighted by molar-refractivity contribution is 0.0333. The van der Waals surface area contributed by atoms with E-state index in [-0.39, 0.29) is 11.0 Å². The number of hydrogen-bond acceptors (Lipinski definition) is 3. The number of aliphatic hydroxyl groups is 1. The molecule has 4 nitrogen and oxygen atoms in total. The van der Waals surface area contributed by atoms with Crippen LogP contribution in [0.1, 0.15) is 25.7 Å². The number of halogens is 3. The first-order valence-electron chi connectivity index (χ1n) is 6.49. The van der Waals surface area contributed by atoms with E-state index in [2.05, 4.69) is 15.9 Å². The van der Waals surface area contributed by atoms with Gasteiger partial charge in [0.2, 0.25) is 10.0 Å². The summed E-state index contributed by atoms with van der Waals surface area (Å²) >= 11 is 2.88. The minimum Gasteiger partial charge on any atom is -0.389 e. The summed E-state index contributed by atoms with van der Waals surface area (Å²) in [7, 11) is -2.88. The molecule has 21 heavy (non-hydrogen) atoms. The van der Waals surface area contributed by atoms with Crippen molar-refractivity contribution >= 4 is 26.0 Å². The molecule has 0 spiro atoms. The topological polar surface area (TPSA) is 57.6 Å². The predicted molar refractivity (Wildman–Crippen MR) is 77.3 cm³/mol. The van der Waals surface area contributed by atoms with Gasteiger partial charge in [-0.25, -0.2) is 17.2 Å². The average Bonchev–Trinajstić information content (AvgIpc) is 2.73. The average molecular weight is 384 g/mol. The van der Waals surface area contributed by atoms with E-state index >= 15 is 0 Å². The fraction of sp³-hybridized carbons (Fsp3) is 0.538. The molecule has 0 bridgehead atoms. The van der Waals surface area contributed by atoms with E-state index in [0.717, 1.165) is 23.2 Å². The summed E-state index contributed by atoms with van der Waals surface area (Å²) in [5.74, 6) is -2.03. The van der Waals surface area contributed by atoms with E-state index in [4.69, 9.17) is 0 Å². The lowest BCUT2D eigenvalue weighted by Crippen LogP contribution is -2.42. The van der Waals surface area contributed by atoms with Crippen LogP contribution >= 0.6 is 15.9 Å². The Bertz CT molecular complexity index is 622. The highest BCUT2D eigenvalue weighted by molar-refractivity contribution is 9.10. The van der Waals surface area contributed by atoms with Crippen molar-refractivity contribution in [1.29, 1.82) is 0 Å². The summed E-state index contributed by atoms with van der Waals surface area (Å²) in [5.41, 5.74) is -1.08. The second-order valence-electron chi connectivity index (χ2n) is 5.39. The van der Waals surface area contributed by atoms with E-state index in [1.54, 1.807) is 0 Å². The van der Waals surface area contributed by atoms with Gasteiger partial charge in [-0.05, 0) is 34.8 Å². The molecular formula is C13H16BrF2NO3S. The molecule has 0 saturated heterocycles. The number of rotatable bonds is 4. The number of sulfonamides is 1. The van der Waals surface area contributed by atoms with Crippen molar-refractivity contribution in [2.45, 2.75) is 36.2 Å². The third kappa shape index (κ3) is 3.44. The van der Waals surface area contributed by atoms with Crippen LogP contribution in [0, 0.1) is 11.6 Å². The first kappa shape index (κ1) is 16.8. The Balaban J connectivity index is 2.34. The first-order valence-corrected chi connectivity index (χ1v) is 8.72. The van der Waals surface area contributed by atoms with Crippen molar-refractivity contribution < 1.29 is 22.3 Å². The van der Waals surface area contributed by atoms with Gasteiger partial charge in [-0.15, -0.1) is 0 Å². The fourth-order valence-electron chi connectivity index (χ4n) is 2.62. The lowest BCUT2D eigenvalue weighted by Gasteiger charge is -2.28. The summed E-state index contributed by atoms with van der Waals surface area (Å²) in [4.78, 5) is -0.618. The molecule has 1 N–H and O–H groups in total. The minimum absolute atomic E-state index is 0.113. The van der Waals surface area contributed by atoms with Crippen molar-refractivity contribution in [2.24, 2.45) is 0 Å². The smallest absolute Gasteiger partial charge is 0.246 e. The highest BCUT2D eigenvalue weighted by Gasteiger charge is 2.37. The number of hydrogen-bond donors (Lipinski definition) is 1. The van der Waals surface area contributed by atoms with Gasteiger partial charge in [-0.1, -0.05) is 12.8 Å². The molecular weight excluding hydrogens is 368 g/mol. The maximum Gasteiger partial charge on any atom is 0.246 e. The van der Waals surface area contributed by atoms with Crippen molar-refractivity contribution in [3.8, 4) is 0 Å². The van der Waals surface area contributed by atoms with Gasteiger partial charge in [0.15, 0.2) is 0 Å². The Kier molecular flexibility index (Phi) is 4.72. The summed E-state index contributed by atoms with van der Waals surface area (Å²) in [6.45, 7) is -0.113. The fourth-order valence-corrected chi connectivity index (χ4v) is 4.98. The van der Waals surface area contributed by atoms with Crippen molar-refractivity contribution in [3.63, 3.8) is 0 Å². The van der Waals surface area contributed by atoms with Crippen molar-refractivity contribution in [2.75, 3.05) is 13.6 Å². The molecule has 0 radical (unpaired) electrons. The van der Waals surface area contributed by atoms with Crippen LogP contribution in [0.3, 0.4) is 0 Å². The molecule has 0 amide bonds. The summed E-state index contributed by atoms with van der Waals surface area (Å²) < 4.78 is 52.5. The largest absolute Gasteiger partial charge is 0.389 e. The second kappa shape index (κ2) is 5.91. The number of likely N-dealkylation sites (N-methyl/N-ethyl adjacent to an activating group) is 1. The summed E-state index contributed by atoms with van der Waals surface area (Å²) in [5, 5.41) is 10.3. The van der Waals surface area contributed by atoms with Crippen LogP contribution in [0.5, 0.6) is 0 Å². The van der Waals surface area contributed by atoms with Crippen LogP contribution in [-0.4, -0.2) is 37.0 Å². The highest BCUT2D eigenvalue weighted by atomic mass is 79.9. The minimum atomic E-state index is -4.16. The molecule has 1 aromatic rings. The van der Waals surface area contributed by atoms with E-state index in [9.17, 15) is 22.3 Å². The van der Waals surface area contributed by atoms with Gasteiger partial charge >= 0.3 is 0 Å². The van der Waals surface area contributed by atoms with E-state index in [0.29, 0.717) is 18.9 Å². The molecule has 1 saturated carbocycles. The van der Waals surface area contributed by atoms with E-state index in [1.165, 1.54) is 7.05 Å². The zero-order valence-corrected chi connectivity index (χ0v) is 13.8. The van der Waals surface area contributed by atoms with E-state index < -0.39 is 32.2 Å². The van der Waals surface area contributed by atoms with Crippen LogP contribution in [0.15, 0.2) is 21.5 Å². The zero-order valence-electron chi connectivity index (χ0n) is 11.4. The lowest BCUT2D eigenvalue weighted by atomic mass is 10.0. The second-order valence-corrected chi connectivity index (χ2v) is 8.23. The summed E-state index contributed by atoms with van der Waals surface area (Å²) in [6, 6.07) is 1.42. The Morgan fingerprint density at radius 2 is 1.90 bits per heavy atom. The highest BCUT2D eigenvalue weighted by Crippen LogP contribution is 2.33. The van der Waals surface area contributed by atoms with Gasteiger partial charge < -0.3 is 5.11 Å². The standard InChI is InChI=1S/C13H16BrF2NO3S/c1-17(8-13(18)4-2-3-5-13)21(19,20)12-10(14)6-9(15)7-11(12)16/h6-7,18H,2-5,8H2,1H3. The van der Waals surface area contributed by atoms with E-state index in [1.807, 2.05) is 0 Å². The van der Waals surface area contributed by atoms with Gasteiger partial charge in [0.25, 0.3) is 0 Å². The van der Waals surface area contributed by atoms with Gasteiger partial charge in [-0.3, -0.25) is 0 Å². The van der Waals surface area contributed by atoms with Crippen molar-refractivity contribution in [3.05, 3.63) is 28.2 Å². The molecule has 0 atom stereocenters. The van der Waals surface area contributed by atoms with Crippen molar-refractivity contribution in [1.82, 2.24) is 4.31 Å². The molecule has 1 fully saturated rings. The van der Waals surface area contributed by atoms with Gasteiger partial charge in [-0.2, -0.15) is 4.31 Å². The molecule has 118 valence electrons. The SMILES string of the molecule is CN(CC1(O)CCCC1)S(=O)(=O)c1c(F)cc(F)cc1Br. The van der Waals surface area contributed by atoms with Crippen LogP contribution in [0.2, 0.25) is 0 Å². The third-order valence-corrected chi connectivity index (χ3v) is 6.45. The Hall–Kier alpha value is -0.570. The maximum atomic E-state index is 13.8. The molecule has 1 aliphatic rings. The first-order chi connectivity index (χ1) is 9.66. The van der Waals surface area contributed by atoms with Crippen LogP contribution < -0.4 is 0 Å². The maximum absolute atomic E-state index is 13.8. The molecule has 0 unspecified atom stereocenters. The monoisotopic (exact) mass is 383 g/mol. The quantitative estimate of drug-likeness (QED) is 0.869. The number of benzene rings is 1. The molecule has 0 aromatic heterocycles. The van der Waals surface area contributed by atoms with Gasteiger partial charge in [0.1, 0.15) is 16.5 Å². The zero-order chi connectivity index (χ0) is 15.8. The molecule has 8 heteroatoms. The van der Waals surface area contributed by atoms with Gasteiger partial charge in [0.05, 0.1) is 5.60 Å². The molecule has 0 aliphatic heterocycles. The van der Waals surface area contributed by atoms with Crippen LogP contribution in [-0.2, 0) is 10.0 Å². The van der Waals surface area contributed by atoms with Gasteiger partial charge in [0, 0.05) is 24.1 Å². The Labute approximate surface area is 130 Å². The predicted octanol–water partition coefficient (Wildman–Crippen LogP) is 2.65. The number of nitrogens with zero attached hydrogens (tertiary/aromatic N) is 1. The van der Waals surface area contributed by atoms with Crippen LogP contribution in [0.25, 0.3) is 0 Å². The third-order valence-electron chi connectivity index (χ3n) is 3.68.